The van der Waals surface area contributed by atoms with E-state index in [0.29, 0.717) is 13.0 Å². The number of hydrogen-bond acceptors (Lipinski definition) is 3. The van der Waals surface area contributed by atoms with Gasteiger partial charge in [0.05, 0.1) is 6.10 Å². The summed E-state index contributed by atoms with van der Waals surface area (Å²) in [5.41, 5.74) is 7.47. The zero-order valence-corrected chi connectivity index (χ0v) is 10.6. The van der Waals surface area contributed by atoms with Gasteiger partial charge in [0.2, 0.25) is 0 Å². The third-order valence-corrected chi connectivity index (χ3v) is 3.30. The second-order valence-corrected chi connectivity index (χ2v) is 5.32. The van der Waals surface area contributed by atoms with Crippen LogP contribution in [0.15, 0.2) is 18.2 Å². The molecule has 1 atom stereocenters. The highest BCUT2D eigenvalue weighted by Gasteiger charge is 2.26. The summed E-state index contributed by atoms with van der Waals surface area (Å²) >= 11 is 0. The van der Waals surface area contributed by atoms with Gasteiger partial charge in [0, 0.05) is 0 Å². The molecular weight excluding hydrogens is 214 g/mol. The number of fused-ring (bicyclic) bond motifs is 1. The van der Waals surface area contributed by atoms with Crippen LogP contribution in [0.5, 0.6) is 5.75 Å². The fraction of sp³-hybridized carbons (Fsp3) is 0.571. The lowest BCUT2D eigenvalue weighted by Gasteiger charge is -2.33. The number of hydrogen-bond donors (Lipinski definition) is 2. The summed E-state index contributed by atoms with van der Waals surface area (Å²) in [6.07, 6.45) is 2.17. The lowest BCUT2D eigenvalue weighted by Crippen LogP contribution is -2.32. The minimum Gasteiger partial charge on any atom is -0.488 e. The molecular formula is C14H21NO2. The predicted octanol–water partition coefficient (Wildman–Crippen LogP) is 2.17. The van der Waals surface area contributed by atoms with Crippen molar-refractivity contribution in [1.82, 2.24) is 0 Å². The molecule has 0 saturated carbocycles. The summed E-state index contributed by atoms with van der Waals surface area (Å²) in [7, 11) is 0. The maximum Gasteiger partial charge on any atom is 0.123 e. The summed E-state index contributed by atoms with van der Waals surface area (Å²) in [6.45, 7) is 4.68. The molecule has 0 saturated heterocycles. The normalized spacial score (nSPS) is 19.3. The van der Waals surface area contributed by atoms with E-state index in [4.69, 9.17) is 10.5 Å². The summed E-state index contributed by atoms with van der Waals surface area (Å²) < 4.78 is 5.95. The van der Waals surface area contributed by atoms with Crippen LogP contribution in [0.1, 0.15) is 43.9 Å². The molecule has 0 amide bonds. The average molecular weight is 235 g/mol. The summed E-state index contributed by atoms with van der Waals surface area (Å²) in [4.78, 5) is 0. The third kappa shape index (κ3) is 2.79. The van der Waals surface area contributed by atoms with Crippen molar-refractivity contribution in [1.29, 1.82) is 0 Å². The van der Waals surface area contributed by atoms with E-state index in [1.807, 2.05) is 12.1 Å². The van der Waals surface area contributed by atoms with Crippen LogP contribution in [0.3, 0.4) is 0 Å². The molecule has 1 aromatic carbocycles. The molecule has 3 heteroatoms. The molecule has 0 spiro atoms. The maximum atomic E-state index is 9.92. The standard InChI is InChI=1S/C14H21NO2/c1-14(2)7-5-10-3-4-11(9-13(10)17-14)12(16)6-8-15/h3-4,9,12,16H,5-8,15H2,1-2H3. The Bertz CT molecular complexity index is 401. The van der Waals surface area contributed by atoms with E-state index >= 15 is 0 Å². The van der Waals surface area contributed by atoms with Gasteiger partial charge in [0.15, 0.2) is 0 Å². The molecule has 2 rings (SSSR count). The van der Waals surface area contributed by atoms with Crippen LogP contribution in [0.25, 0.3) is 0 Å². The molecule has 0 aliphatic carbocycles. The molecule has 3 nitrogen and oxygen atoms in total. The van der Waals surface area contributed by atoms with Gasteiger partial charge in [-0.2, -0.15) is 0 Å². The zero-order valence-electron chi connectivity index (χ0n) is 10.6. The van der Waals surface area contributed by atoms with Crippen molar-refractivity contribution in [3.8, 4) is 5.75 Å². The first-order valence-corrected chi connectivity index (χ1v) is 6.22. The van der Waals surface area contributed by atoms with Crippen LogP contribution in [0, 0.1) is 0 Å². The Hall–Kier alpha value is -1.06. The van der Waals surface area contributed by atoms with Gasteiger partial charge in [-0.3, -0.25) is 0 Å². The van der Waals surface area contributed by atoms with Crippen LogP contribution in [0.4, 0.5) is 0 Å². The minimum absolute atomic E-state index is 0.107. The minimum atomic E-state index is -0.487. The molecule has 1 heterocycles. The molecule has 3 N–H and O–H groups in total. The predicted molar refractivity (Wildman–Crippen MR) is 68.1 cm³/mol. The highest BCUT2D eigenvalue weighted by molar-refractivity contribution is 5.40. The number of aryl methyl sites for hydroxylation is 1. The third-order valence-electron chi connectivity index (χ3n) is 3.30. The fourth-order valence-corrected chi connectivity index (χ4v) is 2.19. The highest BCUT2D eigenvalue weighted by Crippen LogP contribution is 2.35. The van der Waals surface area contributed by atoms with Gasteiger partial charge in [-0.05, 0) is 56.8 Å². The largest absolute Gasteiger partial charge is 0.488 e. The van der Waals surface area contributed by atoms with Crippen molar-refractivity contribution in [3.05, 3.63) is 29.3 Å². The summed E-state index contributed by atoms with van der Waals surface area (Å²) in [5, 5.41) is 9.92. The average Bonchev–Trinajstić information content (AvgIpc) is 2.27. The van der Waals surface area contributed by atoms with Crippen LogP contribution < -0.4 is 10.5 Å². The second kappa shape index (κ2) is 4.67. The molecule has 94 valence electrons. The topological polar surface area (TPSA) is 55.5 Å². The first-order valence-electron chi connectivity index (χ1n) is 6.22. The number of aliphatic hydroxyl groups excluding tert-OH is 1. The van der Waals surface area contributed by atoms with Crippen LogP contribution in [0.2, 0.25) is 0 Å². The van der Waals surface area contributed by atoms with E-state index in [2.05, 4.69) is 19.9 Å². The number of aliphatic hydroxyl groups is 1. The summed E-state index contributed by atoms with van der Waals surface area (Å²) in [5.74, 6) is 0.912. The van der Waals surface area contributed by atoms with Crippen LogP contribution in [-0.4, -0.2) is 17.3 Å². The molecule has 1 aliphatic heterocycles. The quantitative estimate of drug-likeness (QED) is 0.844. The SMILES string of the molecule is CC1(C)CCc2ccc(C(O)CCN)cc2O1. The van der Waals surface area contributed by atoms with Gasteiger partial charge in [-0.25, -0.2) is 0 Å². The van der Waals surface area contributed by atoms with Crippen molar-refractivity contribution >= 4 is 0 Å². The first kappa shape index (κ1) is 12.4. The van der Waals surface area contributed by atoms with E-state index in [0.717, 1.165) is 24.2 Å². The van der Waals surface area contributed by atoms with Crippen molar-refractivity contribution in [2.24, 2.45) is 5.73 Å². The van der Waals surface area contributed by atoms with Crippen molar-refractivity contribution in [2.45, 2.75) is 44.8 Å². The van der Waals surface area contributed by atoms with E-state index in [9.17, 15) is 5.11 Å². The zero-order chi connectivity index (χ0) is 12.5. The highest BCUT2D eigenvalue weighted by atomic mass is 16.5. The fourth-order valence-electron chi connectivity index (χ4n) is 2.19. The Labute approximate surface area is 103 Å². The Kier molecular flexibility index (Phi) is 3.40. The van der Waals surface area contributed by atoms with Gasteiger partial charge in [-0.1, -0.05) is 12.1 Å². The van der Waals surface area contributed by atoms with Crippen LogP contribution in [-0.2, 0) is 6.42 Å². The first-order chi connectivity index (χ1) is 8.02. The Balaban J connectivity index is 2.24. The number of nitrogens with two attached hydrogens (primary N) is 1. The molecule has 0 radical (unpaired) electrons. The Morgan fingerprint density at radius 1 is 1.47 bits per heavy atom. The second-order valence-electron chi connectivity index (χ2n) is 5.32. The van der Waals surface area contributed by atoms with E-state index < -0.39 is 6.10 Å². The van der Waals surface area contributed by atoms with Crippen molar-refractivity contribution in [3.63, 3.8) is 0 Å². The lowest BCUT2D eigenvalue weighted by atomic mass is 9.93. The molecule has 0 aromatic heterocycles. The van der Waals surface area contributed by atoms with E-state index in [1.54, 1.807) is 0 Å². The molecule has 1 aromatic rings. The van der Waals surface area contributed by atoms with Gasteiger partial charge in [-0.15, -0.1) is 0 Å². The Morgan fingerprint density at radius 2 is 2.24 bits per heavy atom. The molecule has 0 bridgehead atoms. The molecule has 0 fully saturated rings. The van der Waals surface area contributed by atoms with E-state index in [1.165, 1.54) is 5.56 Å². The van der Waals surface area contributed by atoms with Gasteiger partial charge in [0.1, 0.15) is 11.4 Å². The van der Waals surface area contributed by atoms with Gasteiger partial charge < -0.3 is 15.6 Å². The van der Waals surface area contributed by atoms with Gasteiger partial charge in [0.25, 0.3) is 0 Å². The Morgan fingerprint density at radius 3 is 2.94 bits per heavy atom. The number of ether oxygens (including phenoxy) is 1. The molecule has 1 unspecified atom stereocenters. The lowest BCUT2D eigenvalue weighted by molar-refractivity contribution is 0.0838. The molecule has 17 heavy (non-hydrogen) atoms. The smallest absolute Gasteiger partial charge is 0.123 e. The van der Waals surface area contributed by atoms with Gasteiger partial charge >= 0.3 is 0 Å². The number of benzene rings is 1. The summed E-state index contributed by atoms with van der Waals surface area (Å²) in [6, 6.07) is 5.98. The monoisotopic (exact) mass is 235 g/mol. The van der Waals surface area contributed by atoms with Crippen molar-refractivity contribution < 1.29 is 9.84 Å². The number of rotatable bonds is 3. The molecule has 1 aliphatic rings. The maximum absolute atomic E-state index is 9.92. The van der Waals surface area contributed by atoms with Crippen molar-refractivity contribution in [2.75, 3.05) is 6.54 Å². The van der Waals surface area contributed by atoms with Crippen LogP contribution >= 0.6 is 0 Å². The van der Waals surface area contributed by atoms with E-state index in [-0.39, 0.29) is 5.60 Å².